The highest BCUT2D eigenvalue weighted by molar-refractivity contribution is 6.19. The number of ether oxygens (including phenoxy) is 2. The number of rotatable bonds is 3. The number of primary amides is 1. The van der Waals surface area contributed by atoms with Crippen LogP contribution in [-0.2, 0) is 29.3 Å². The molecule has 138 valence electrons. The van der Waals surface area contributed by atoms with Gasteiger partial charge in [-0.2, -0.15) is 5.26 Å². The van der Waals surface area contributed by atoms with Gasteiger partial charge in [-0.15, -0.1) is 0 Å². The van der Waals surface area contributed by atoms with Gasteiger partial charge in [0, 0.05) is 11.3 Å². The van der Waals surface area contributed by atoms with Crippen molar-refractivity contribution in [3.63, 3.8) is 0 Å². The van der Waals surface area contributed by atoms with Gasteiger partial charge >= 0.3 is 5.97 Å². The van der Waals surface area contributed by atoms with E-state index >= 15 is 0 Å². The molecule has 1 aromatic rings. The third-order valence-corrected chi connectivity index (χ3v) is 4.59. The summed E-state index contributed by atoms with van der Waals surface area (Å²) in [7, 11) is 1.15. The first-order valence-electron chi connectivity index (χ1n) is 7.88. The number of nitriles is 1. The predicted molar refractivity (Wildman–Crippen MR) is 92.3 cm³/mol. The topological polar surface area (TPSA) is 149 Å². The molecule has 9 nitrogen and oxygen atoms in total. The SMILES string of the molecule is COC(=O)C1=C(C)OC(N)=C(C#N)[C@@]12C(=O)N(CC(N)=O)c1ccccc12. The van der Waals surface area contributed by atoms with Gasteiger partial charge in [0.2, 0.25) is 17.7 Å². The number of hydrogen-bond acceptors (Lipinski definition) is 7. The van der Waals surface area contributed by atoms with Gasteiger partial charge in [-0.05, 0) is 13.0 Å². The molecule has 1 atom stereocenters. The van der Waals surface area contributed by atoms with E-state index in [1.54, 1.807) is 24.3 Å². The third-order valence-electron chi connectivity index (χ3n) is 4.59. The Morgan fingerprint density at radius 3 is 2.63 bits per heavy atom. The van der Waals surface area contributed by atoms with Crippen molar-refractivity contribution in [3.05, 3.63) is 52.6 Å². The lowest BCUT2D eigenvalue weighted by Crippen LogP contribution is -2.49. The molecule has 0 bridgehead atoms. The van der Waals surface area contributed by atoms with Crippen LogP contribution in [0.25, 0.3) is 0 Å². The number of anilines is 1. The van der Waals surface area contributed by atoms with Crippen molar-refractivity contribution in [2.24, 2.45) is 11.5 Å². The van der Waals surface area contributed by atoms with E-state index in [1.165, 1.54) is 6.92 Å². The number of hydrogen-bond donors (Lipinski definition) is 2. The van der Waals surface area contributed by atoms with E-state index in [1.807, 2.05) is 6.07 Å². The largest absolute Gasteiger partial charge is 0.466 e. The molecule has 2 heterocycles. The number of amides is 2. The van der Waals surface area contributed by atoms with Crippen molar-refractivity contribution in [2.75, 3.05) is 18.6 Å². The Bertz CT molecular complexity index is 988. The second-order valence-corrected chi connectivity index (χ2v) is 6.00. The van der Waals surface area contributed by atoms with E-state index < -0.39 is 29.7 Å². The zero-order chi connectivity index (χ0) is 19.9. The maximum absolute atomic E-state index is 13.5. The molecule has 0 aromatic heterocycles. The average molecular weight is 368 g/mol. The van der Waals surface area contributed by atoms with Gasteiger partial charge < -0.3 is 25.8 Å². The molecular weight excluding hydrogens is 352 g/mol. The number of nitrogens with zero attached hydrogens (tertiary/aromatic N) is 2. The summed E-state index contributed by atoms with van der Waals surface area (Å²) in [5.41, 5.74) is 9.55. The number of carbonyl (C=O) groups excluding carboxylic acids is 3. The Labute approximate surface area is 154 Å². The van der Waals surface area contributed by atoms with Crippen LogP contribution in [-0.4, -0.2) is 31.4 Å². The van der Waals surface area contributed by atoms with Gasteiger partial charge in [0.15, 0.2) is 5.41 Å². The maximum atomic E-state index is 13.5. The van der Waals surface area contributed by atoms with Crippen molar-refractivity contribution < 1.29 is 23.9 Å². The van der Waals surface area contributed by atoms with Crippen molar-refractivity contribution in [1.82, 2.24) is 0 Å². The number of carbonyl (C=O) groups is 3. The second kappa shape index (κ2) is 6.17. The summed E-state index contributed by atoms with van der Waals surface area (Å²) < 4.78 is 10.2. The van der Waals surface area contributed by atoms with Crippen LogP contribution in [0.2, 0.25) is 0 Å². The maximum Gasteiger partial charge on any atom is 0.339 e. The van der Waals surface area contributed by atoms with Crippen LogP contribution in [0.3, 0.4) is 0 Å². The molecular formula is C18H16N4O5. The molecule has 3 rings (SSSR count). The molecule has 2 aliphatic rings. The highest BCUT2D eigenvalue weighted by Crippen LogP contribution is 2.53. The lowest BCUT2D eigenvalue weighted by molar-refractivity contribution is -0.138. The first-order chi connectivity index (χ1) is 12.8. The Kier molecular flexibility index (Phi) is 4.12. The molecule has 27 heavy (non-hydrogen) atoms. The summed E-state index contributed by atoms with van der Waals surface area (Å²) in [6, 6.07) is 8.37. The van der Waals surface area contributed by atoms with Gasteiger partial charge in [0.05, 0.1) is 7.11 Å². The molecule has 0 radical (unpaired) electrons. The van der Waals surface area contributed by atoms with Crippen LogP contribution in [0.1, 0.15) is 12.5 Å². The number of methoxy groups -OCH3 is 1. The van der Waals surface area contributed by atoms with Gasteiger partial charge in [-0.25, -0.2) is 4.79 Å². The standard InChI is InChI=1S/C18H16N4O5/c1-9-14(16(24)26-2)18(11(7-19)15(21)27-9)10-5-3-4-6-12(10)22(17(18)25)8-13(20)23/h3-6H,8,21H2,1-2H3,(H2,20,23)/t18-/m1/s1. The lowest BCUT2D eigenvalue weighted by Gasteiger charge is -2.34. The number of nitrogens with two attached hydrogens (primary N) is 2. The fourth-order valence-corrected chi connectivity index (χ4v) is 3.63. The highest BCUT2D eigenvalue weighted by Gasteiger charge is 2.62. The van der Waals surface area contributed by atoms with Crippen LogP contribution in [0, 0.1) is 11.3 Å². The number of allylic oxidation sites excluding steroid dienone is 1. The predicted octanol–water partition coefficient (Wildman–Crippen LogP) is -0.0726. The van der Waals surface area contributed by atoms with E-state index in [0.29, 0.717) is 11.3 Å². The fraction of sp³-hybridized carbons (Fsp3) is 0.222. The van der Waals surface area contributed by atoms with Crippen LogP contribution >= 0.6 is 0 Å². The fourth-order valence-electron chi connectivity index (χ4n) is 3.63. The summed E-state index contributed by atoms with van der Waals surface area (Å²) in [6.07, 6.45) is 0. The average Bonchev–Trinajstić information content (AvgIpc) is 2.85. The first-order valence-corrected chi connectivity index (χ1v) is 7.88. The number of esters is 1. The number of benzene rings is 1. The van der Waals surface area contributed by atoms with Crippen molar-refractivity contribution in [1.29, 1.82) is 5.26 Å². The molecule has 0 unspecified atom stereocenters. The van der Waals surface area contributed by atoms with Crippen LogP contribution in [0.15, 0.2) is 47.1 Å². The van der Waals surface area contributed by atoms with Crippen LogP contribution in [0.5, 0.6) is 0 Å². The first kappa shape index (κ1) is 18.0. The van der Waals surface area contributed by atoms with Crippen molar-refractivity contribution >= 4 is 23.5 Å². The Balaban J connectivity index is 2.44. The molecule has 4 N–H and O–H groups in total. The molecule has 1 aromatic carbocycles. The number of fused-ring (bicyclic) bond motifs is 2. The van der Waals surface area contributed by atoms with Gasteiger partial charge in [-0.3, -0.25) is 9.59 Å². The van der Waals surface area contributed by atoms with Gasteiger partial charge in [-0.1, -0.05) is 18.2 Å². The van der Waals surface area contributed by atoms with E-state index in [2.05, 4.69) is 0 Å². The van der Waals surface area contributed by atoms with Crippen molar-refractivity contribution in [2.45, 2.75) is 12.3 Å². The molecule has 0 saturated carbocycles. The zero-order valence-corrected chi connectivity index (χ0v) is 14.6. The smallest absolute Gasteiger partial charge is 0.339 e. The normalized spacial score (nSPS) is 21.1. The Morgan fingerprint density at radius 2 is 2.04 bits per heavy atom. The monoisotopic (exact) mass is 368 g/mol. The van der Waals surface area contributed by atoms with Crippen molar-refractivity contribution in [3.8, 4) is 6.07 Å². The van der Waals surface area contributed by atoms with Gasteiger partial charge in [0.25, 0.3) is 0 Å². The van der Waals surface area contributed by atoms with Crippen LogP contribution in [0.4, 0.5) is 5.69 Å². The minimum atomic E-state index is -1.87. The lowest BCUT2D eigenvalue weighted by atomic mass is 9.68. The summed E-state index contributed by atoms with van der Waals surface area (Å²) in [5.74, 6) is -2.57. The summed E-state index contributed by atoms with van der Waals surface area (Å²) in [5, 5.41) is 9.75. The molecule has 0 aliphatic carbocycles. The van der Waals surface area contributed by atoms with E-state index in [0.717, 1.165) is 12.0 Å². The number of para-hydroxylation sites is 1. The Hall–Kier alpha value is -3.80. The molecule has 2 aliphatic heterocycles. The third kappa shape index (κ3) is 2.27. The van der Waals surface area contributed by atoms with E-state index in [-0.39, 0.29) is 22.8 Å². The summed E-state index contributed by atoms with van der Waals surface area (Å²) in [4.78, 5) is 38.8. The van der Waals surface area contributed by atoms with E-state index in [9.17, 15) is 19.6 Å². The van der Waals surface area contributed by atoms with E-state index in [4.69, 9.17) is 20.9 Å². The molecule has 1 spiro atoms. The highest BCUT2D eigenvalue weighted by atomic mass is 16.5. The zero-order valence-electron chi connectivity index (χ0n) is 14.6. The quantitative estimate of drug-likeness (QED) is 0.709. The molecule has 2 amide bonds. The minimum Gasteiger partial charge on any atom is -0.466 e. The summed E-state index contributed by atoms with van der Waals surface area (Å²) in [6.45, 7) is 1.02. The molecule has 9 heteroatoms. The summed E-state index contributed by atoms with van der Waals surface area (Å²) >= 11 is 0. The molecule has 0 fully saturated rings. The Morgan fingerprint density at radius 1 is 1.37 bits per heavy atom. The molecule has 0 saturated heterocycles. The second-order valence-electron chi connectivity index (χ2n) is 6.00. The minimum absolute atomic E-state index is 0.0300. The van der Waals surface area contributed by atoms with Crippen LogP contribution < -0.4 is 16.4 Å². The van der Waals surface area contributed by atoms with Gasteiger partial charge in [0.1, 0.15) is 29.5 Å².